The number of benzene rings is 1. The maximum absolute atomic E-state index is 15.7. The van der Waals surface area contributed by atoms with E-state index in [2.05, 4.69) is 16.0 Å². The van der Waals surface area contributed by atoms with Crippen LogP contribution in [-0.4, -0.2) is 258 Å². The standard InChI is InChI=1S/C58H83F7N12O12/c1-11-17-39-50(84)67-49(34(3)12-2)54(88)72(7)31-46(82)71(6)30-45(81)70(5)29-44(80)69(4)28-42(78)66-38(19-18-35-24-36(59)48(37(60)25-35)58(63,64)65)52(86)77-33-57(61,62)27-41(77)51(85)68-56(20-13-14-21-56)55(89)73(8)32-47(83)75(10)40(26-43(79)74(39)9)53(87)76-22-15-16-23-76/h24-25,34,38-41,49H,11-23,26-33H2,1-10H3,(H,66,78)(H,67,84)(H,68,85)/t34-,38?,39?,40?,41?,49?/m0/s1. The van der Waals surface area contributed by atoms with E-state index in [1.807, 2.05) is 0 Å². The van der Waals surface area contributed by atoms with E-state index in [1.165, 1.54) is 47.2 Å². The van der Waals surface area contributed by atoms with Gasteiger partial charge in [-0.05, 0) is 68.6 Å². The van der Waals surface area contributed by atoms with E-state index in [9.17, 15) is 79.5 Å². The van der Waals surface area contributed by atoms with Gasteiger partial charge in [-0.3, -0.25) is 57.5 Å². The fraction of sp³-hybridized carbons (Fsp3) is 0.690. The van der Waals surface area contributed by atoms with Crippen molar-refractivity contribution < 1.29 is 88.3 Å². The van der Waals surface area contributed by atoms with Crippen LogP contribution in [0.4, 0.5) is 30.7 Å². The highest BCUT2D eigenvalue weighted by Crippen LogP contribution is 2.37. The predicted octanol–water partition coefficient (Wildman–Crippen LogP) is 1.37. The molecule has 3 saturated heterocycles. The number of fused-ring (bicyclic) bond motifs is 1. The van der Waals surface area contributed by atoms with Crippen molar-refractivity contribution in [2.24, 2.45) is 5.92 Å². The Morgan fingerprint density at radius 1 is 0.652 bits per heavy atom. The van der Waals surface area contributed by atoms with Crippen molar-refractivity contribution in [2.45, 2.75) is 152 Å². The molecule has 496 valence electrons. The Hall–Kier alpha value is -7.63. The highest BCUT2D eigenvalue weighted by Gasteiger charge is 2.54. The van der Waals surface area contributed by atoms with E-state index in [4.69, 9.17) is 0 Å². The molecule has 5 unspecified atom stereocenters. The minimum Gasteiger partial charge on any atom is -0.343 e. The second kappa shape index (κ2) is 30.3. The van der Waals surface area contributed by atoms with Gasteiger partial charge in [0.2, 0.25) is 70.9 Å². The van der Waals surface area contributed by atoms with Gasteiger partial charge < -0.3 is 60.0 Å². The Bertz CT molecular complexity index is 2830. The molecule has 3 N–H and O–H groups in total. The quantitative estimate of drug-likeness (QED) is 0.312. The van der Waals surface area contributed by atoms with Crippen molar-refractivity contribution in [1.82, 2.24) is 60.0 Å². The molecule has 1 aromatic rings. The number of amides is 12. The molecule has 0 bridgehead atoms. The van der Waals surface area contributed by atoms with Gasteiger partial charge in [0.1, 0.15) is 52.9 Å². The first kappa shape index (κ1) is 72.1. The monoisotopic (exact) mass is 1270 g/mol. The lowest BCUT2D eigenvalue weighted by molar-refractivity contribution is -0.151. The molecule has 1 saturated carbocycles. The summed E-state index contributed by atoms with van der Waals surface area (Å²) in [5, 5.41) is 7.61. The van der Waals surface area contributed by atoms with Gasteiger partial charge in [-0.1, -0.05) is 46.5 Å². The second-order valence-corrected chi connectivity index (χ2v) is 24.0. The van der Waals surface area contributed by atoms with Crippen molar-refractivity contribution >= 4 is 70.9 Å². The summed E-state index contributed by atoms with van der Waals surface area (Å²) in [6, 6.07) is -7.33. The molecule has 0 radical (unpaired) electrons. The average molecular weight is 1270 g/mol. The van der Waals surface area contributed by atoms with Crippen LogP contribution in [0, 0.1) is 17.6 Å². The Balaban J connectivity index is 1.53. The average Bonchev–Trinajstić information content (AvgIpc) is 2.53. The van der Waals surface area contributed by atoms with Crippen LogP contribution < -0.4 is 16.0 Å². The number of hydrogen-bond acceptors (Lipinski definition) is 12. The summed E-state index contributed by atoms with van der Waals surface area (Å²) in [5.41, 5.74) is -4.55. The Kier molecular flexibility index (Phi) is 24.5. The van der Waals surface area contributed by atoms with Crippen molar-refractivity contribution in [3.8, 4) is 0 Å². The lowest BCUT2D eigenvalue weighted by Crippen LogP contribution is -2.62. The first-order valence-electron chi connectivity index (χ1n) is 29.7. The number of alkyl halides is 5. The number of hydrogen-bond donors (Lipinski definition) is 3. The van der Waals surface area contributed by atoms with Crippen LogP contribution in [0.15, 0.2) is 12.1 Å². The number of carbonyl (C=O) groups excluding carboxylic acids is 12. The normalized spacial score (nSPS) is 25.0. The van der Waals surface area contributed by atoms with Gasteiger partial charge in [0.05, 0.1) is 45.7 Å². The smallest absolute Gasteiger partial charge is 0.343 e. The van der Waals surface area contributed by atoms with E-state index in [-0.39, 0.29) is 19.3 Å². The molecule has 0 aromatic heterocycles. The maximum atomic E-state index is 15.7. The number of likely N-dealkylation sites (N-methyl/N-ethyl adjacent to an activating group) is 7. The third-order valence-corrected chi connectivity index (χ3v) is 17.1. The topological polar surface area (TPSA) is 270 Å². The summed E-state index contributed by atoms with van der Waals surface area (Å²) in [6.45, 7) is 0.780. The summed E-state index contributed by atoms with van der Waals surface area (Å²) in [5.74, 6) is -19.1. The van der Waals surface area contributed by atoms with Gasteiger partial charge >= 0.3 is 6.18 Å². The number of rotatable bonds is 8. The third kappa shape index (κ3) is 18.1. The lowest BCUT2D eigenvalue weighted by atomic mass is 9.94. The van der Waals surface area contributed by atoms with E-state index in [0.29, 0.717) is 68.6 Å². The molecule has 1 aromatic carbocycles. The number of halogens is 7. The first-order chi connectivity index (χ1) is 41.5. The molecule has 4 fully saturated rings. The van der Waals surface area contributed by atoms with Crippen LogP contribution in [0.5, 0.6) is 0 Å². The summed E-state index contributed by atoms with van der Waals surface area (Å²) in [7, 11) is 8.66. The molecule has 4 aliphatic rings. The van der Waals surface area contributed by atoms with E-state index < -0.39 is 212 Å². The van der Waals surface area contributed by atoms with Gasteiger partial charge in [0.15, 0.2) is 0 Å². The SMILES string of the molecule is CCCC1C(=O)NC([C@@H](C)CC)C(=O)N(C)CC(=O)N(C)CC(=O)N(C)CC(=O)N(C)CC(=O)NC(CCc2cc(F)c(C(F)(F)F)c(F)c2)C(=O)N2CC(F)(F)CC2C(=O)NC2(CCCC2)C(=O)N(C)CC(=O)N(C)C(C(=O)N2CCCC2)CC(=O)N1C. The molecule has 89 heavy (non-hydrogen) atoms. The fourth-order valence-corrected chi connectivity index (χ4v) is 11.4. The highest BCUT2D eigenvalue weighted by molar-refractivity contribution is 6.00. The summed E-state index contributed by atoms with van der Waals surface area (Å²) in [4.78, 5) is 178. The number of nitrogens with one attached hydrogen (secondary N) is 3. The molecule has 24 nitrogen and oxygen atoms in total. The van der Waals surface area contributed by atoms with Gasteiger partial charge in [-0.25, -0.2) is 17.6 Å². The first-order valence-corrected chi connectivity index (χ1v) is 29.7. The minimum absolute atomic E-state index is 0.0816. The van der Waals surface area contributed by atoms with Crippen LogP contribution in [0.2, 0.25) is 0 Å². The largest absolute Gasteiger partial charge is 0.422 e. The predicted molar refractivity (Wildman–Crippen MR) is 304 cm³/mol. The van der Waals surface area contributed by atoms with Crippen LogP contribution in [0.1, 0.15) is 109 Å². The Morgan fingerprint density at radius 2 is 1.18 bits per heavy atom. The summed E-state index contributed by atoms with van der Waals surface area (Å²) < 4.78 is 101. The molecule has 1 aliphatic carbocycles. The van der Waals surface area contributed by atoms with E-state index in [0.717, 1.165) is 41.3 Å². The zero-order valence-electron chi connectivity index (χ0n) is 52.0. The zero-order valence-corrected chi connectivity index (χ0v) is 52.0. The zero-order chi connectivity index (χ0) is 66.8. The van der Waals surface area contributed by atoms with Crippen LogP contribution >= 0.6 is 0 Å². The molecule has 12 amide bonds. The van der Waals surface area contributed by atoms with E-state index >= 15 is 8.78 Å². The number of likely N-dealkylation sites (tertiary alicyclic amines) is 1. The molecular formula is C58H83F7N12O12. The van der Waals surface area contributed by atoms with Gasteiger partial charge in [-0.15, -0.1) is 0 Å². The Morgan fingerprint density at radius 3 is 1.71 bits per heavy atom. The van der Waals surface area contributed by atoms with Gasteiger partial charge in [0, 0.05) is 68.8 Å². The minimum atomic E-state index is -5.46. The molecule has 3 aliphatic heterocycles. The number of aryl methyl sites for hydroxylation is 1. The van der Waals surface area contributed by atoms with Crippen molar-refractivity contribution in [1.29, 1.82) is 0 Å². The highest BCUT2D eigenvalue weighted by atomic mass is 19.4. The molecule has 5 rings (SSSR count). The van der Waals surface area contributed by atoms with Crippen LogP contribution in [0.25, 0.3) is 0 Å². The van der Waals surface area contributed by atoms with Gasteiger partial charge in [0.25, 0.3) is 5.92 Å². The van der Waals surface area contributed by atoms with Crippen LogP contribution in [-0.2, 0) is 70.1 Å². The number of nitrogens with zero attached hydrogens (tertiary/aromatic N) is 9. The van der Waals surface area contributed by atoms with Crippen molar-refractivity contribution in [3.05, 3.63) is 34.9 Å². The summed E-state index contributed by atoms with van der Waals surface area (Å²) >= 11 is 0. The molecule has 6 atom stereocenters. The molecule has 3 heterocycles. The fourth-order valence-electron chi connectivity index (χ4n) is 11.4. The number of carbonyl (C=O) groups is 12. The van der Waals surface area contributed by atoms with Gasteiger partial charge in [-0.2, -0.15) is 13.2 Å². The molecule has 31 heteroatoms. The van der Waals surface area contributed by atoms with Crippen LogP contribution in [0.3, 0.4) is 0 Å². The second-order valence-electron chi connectivity index (χ2n) is 24.0. The lowest BCUT2D eigenvalue weighted by Gasteiger charge is -2.37. The molecule has 1 spiro atoms. The van der Waals surface area contributed by atoms with Crippen molar-refractivity contribution in [3.63, 3.8) is 0 Å². The summed E-state index contributed by atoms with van der Waals surface area (Å²) in [6.07, 6.45) is -6.33. The Labute approximate surface area is 512 Å². The van der Waals surface area contributed by atoms with Crippen molar-refractivity contribution in [2.75, 3.05) is 102 Å². The third-order valence-electron chi connectivity index (χ3n) is 17.1. The molecular weight excluding hydrogens is 1190 g/mol. The van der Waals surface area contributed by atoms with E-state index in [1.54, 1.807) is 20.8 Å². The maximum Gasteiger partial charge on any atom is 0.422 e.